The number of carbonyl (C=O) groups excluding carboxylic acids is 1. The first-order valence-corrected chi connectivity index (χ1v) is 6.17. The molecule has 3 heteroatoms. The first-order valence-electron chi connectivity index (χ1n) is 6.17. The number of aromatic nitrogens is 1. The first-order chi connectivity index (χ1) is 8.65. The SMILES string of the molecule is CCC=C(C)C=CCC(C(N)=O)c1cccnc1. The number of carbonyl (C=O) groups is 1. The molecule has 96 valence electrons. The highest BCUT2D eigenvalue weighted by Crippen LogP contribution is 2.19. The number of hydrogen-bond acceptors (Lipinski definition) is 2. The predicted molar refractivity (Wildman–Crippen MR) is 74.0 cm³/mol. The standard InChI is InChI=1S/C15H20N2O/c1-3-6-12(2)7-4-9-14(15(16)18)13-8-5-10-17-11-13/h4-8,10-11,14H,3,9H2,1-2H3,(H2,16,18). The molecule has 0 saturated carbocycles. The quantitative estimate of drug-likeness (QED) is 0.782. The fourth-order valence-electron chi connectivity index (χ4n) is 1.78. The van der Waals surface area contributed by atoms with E-state index in [1.807, 2.05) is 31.2 Å². The van der Waals surface area contributed by atoms with Crippen LogP contribution in [0, 0.1) is 0 Å². The van der Waals surface area contributed by atoms with Crippen LogP contribution in [0.5, 0.6) is 0 Å². The van der Waals surface area contributed by atoms with E-state index in [-0.39, 0.29) is 11.8 Å². The molecule has 0 aliphatic carbocycles. The van der Waals surface area contributed by atoms with E-state index in [1.54, 1.807) is 12.4 Å². The predicted octanol–water partition coefficient (Wildman–Crippen LogP) is 2.95. The topological polar surface area (TPSA) is 56.0 Å². The van der Waals surface area contributed by atoms with Crippen molar-refractivity contribution >= 4 is 5.91 Å². The second-order valence-electron chi connectivity index (χ2n) is 4.24. The number of amides is 1. The van der Waals surface area contributed by atoms with Crippen molar-refractivity contribution in [2.24, 2.45) is 5.73 Å². The summed E-state index contributed by atoms with van der Waals surface area (Å²) in [6, 6.07) is 3.70. The van der Waals surface area contributed by atoms with Gasteiger partial charge in [0.15, 0.2) is 0 Å². The highest BCUT2D eigenvalue weighted by atomic mass is 16.1. The molecule has 0 fully saturated rings. The lowest BCUT2D eigenvalue weighted by molar-refractivity contribution is -0.119. The van der Waals surface area contributed by atoms with Gasteiger partial charge in [-0.1, -0.05) is 36.8 Å². The third-order valence-corrected chi connectivity index (χ3v) is 2.71. The zero-order valence-electron chi connectivity index (χ0n) is 11.0. The minimum Gasteiger partial charge on any atom is -0.369 e. The Balaban J connectivity index is 2.72. The maximum Gasteiger partial charge on any atom is 0.225 e. The van der Waals surface area contributed by atoms with Crippen molar-refractivity contribution in [3.63, 3.8) is 0 Å². The van der Waals surface area contributed by atoms with E-state index >= 15 is 0 Å². The fraction of sp³-hybridized carbons (Fsp3) is 0.333. The molecule has 1 amide bonds. The van der Waals surface area contributed by atoms with Crippen LogP contribution in [0.1, 0.15) is 38.2 Å². The molecule has 0 radical (unpaired) electrons. The highest BCUT2D eigenvalue weighted by molar-refractivity contribution is 5.82. The number of pyridine rings is 1. The summed E-state index contributed by atoms with van der Waals surface area (Å²) in [7, 11) is 0. The summed E-state index contributed by atoms with van der Waals surface area (Å²) in [4.78, 5) is 15.5. The Morgan fingerprint density at radius 2 is 2.33 bits per heavy atom. The molecule has 0 saturated heterocycles. The molecule has 1 aromatic heterocycles. The van der Waals surface area contributed by atoms with Gasteiger partial charge >= 0.3 is 0 Å². The largest absolute Gasteiger partial charge is 0.369 e. The average Bonchev–Trinajstić information content (AvgIpc) is 2.35. The van der Waals surface area contributed by atoms with Crippen LogP contribution in [-0.4, -0.2) is 10.9 Å². The Bertz CT molecular complexity index is 435. The molecule has 1 atom stereocenters. The first kappa shape index (κ1) is 14.2. The molecule has 0 aromatic carbocycles. The Morgan fingerprint density at radius 1 is 1.56 bits per heavy atom. The monoisotopic (exact) mass is 244 g/mol. The van der Waals surface area contributed by atoms with Gasteiger partial charge in [-0.05, 0) is 31.4 Å². The number of allylic oxidation sites excluding steroid dienone is 4. The second-order valence-corrected chi connectivity index (χ2v) is 4.24. The fourth-order valence-corrected chi connectivity index (χ4v) is 1.78. The smallest absolute Gasteiger partial charge is 0.225 e. The van der Waals surface area contributed by atoms with Crippen LogP contribution in [0.3, 0.4) is 0 Å². The van der Waals surface area contributed by atoms with Crippen LogP contribution in [0.15, 0.2) is 48.3 Å². The van der Waals surface area contributed by atoms with Crippen LogP contribution < -0.4 is 5.73 Å². The molecular weight excluding hydrogens is 224 g/mol. The van der Waals surface area contributed by atoms with E-state index in [9.17, 15) is 4.79 Å². The molecule has 1 heterocycles. The molecule has 18 heavy (non-hydrogen) atoms. The van der Waals surface area contributed by atoms with Gasteiger partial charge in [0.05, 0.1) is 5.92 Å². The molecule has 0 spiro atoms. The van der Waals surface area contributed by atoms with E-state index in [1.165, 1.54) is 5.57 Å². The summed E-state index contributed by atoms with van der Waals surface area (Å²) < 4.78 is 0. The van der Waals surface area contributed by atoms with E-state index in [0.717, 1.165) is 12.0 Å². The number of nitrogens with zero attached hydrogens (tertiary/aromatic N) is 1. The van der Waals surface area contributed by atoms with Crippen molar-refractivity contribution in [2.75, 3.05) is 0 Å². The van der Waals surface area contributed by atoms with Gasteiger partial charge in [-0.2, -0.15) is 0 Å². The maximum absolute atomic E-state index is 11.4. The van der Waals surface area contributed by atoms with Crippen molar-refractivity contribution in [1.29, 1.82) is 0 Å². The van der Waals surface area contributed by atoms with E-state index < -0.39 is 0 Å². The summed E-state index contributed by atoms with van der Waals surface area (Å²) in [6.07, 6.45) is 11.1. The van der Waals surface area contributed by atoms with Crippen molar-refractivity contribution in [2.45, 2.75) is 32.6 Å². The third kappa shape index (κ3) is 4.53. The van der Waals surface area contributed by atoms with Gasteiger partial charge in [0.2, 0.25) is 5.91 Å². The van der Waals surface area contributed by atoms with Crippen molar-refractivity contribution in [1.82, 2.24) is 4.98 Å². The van der Waals surface area contributed by atoms with E-state index in [4.69, 9.17) is 5.73 Å². The third-order valence-electron chi connectivity index (χ3n) is 2.71. The zero-order valence-corrected chi connectivity index (χ0v) is 11.0. The summed E-state index contributed by atoms with van der Waals surface area (Å²) in [5.74, 6) is -0.617. The maximum atomic E-state index is 11.4. The average molecular weight is 244 g/mol. The number of nitrogens with two attached hydrogens (primary N) is 1. The summed E-state index contributed by atoms with van der Waals surface area (Å²) >= 11 is 0. The lowest BCUT2D eigenvalue weighted by Crippen LogP contribution is -2.21. The molecule has 1 rings (SSSR count). The molecule has 0 bridgehead atoms. The van der Waals surface area contributed by atoms with E-state index in [0.29, 0.717) is 6.42 Å². The van der Waals surface area contributed by atoms with Gasteiger partial charge in [-0.25, -0.2) is 0 Å². The molecular formula is C15H20N2O. The lowest BCUT2D eigenvalue weighted by Gasteiger charge is -2.10. The summed E-state index contributed by atoms with van der Waals surface area (Å²) in [5.41, 5.74) is 7.50. The Morgan fingerprint density at radius 3 is 2.89 bits per heavy atom. The van der Waals surface area contributed by atoms with Gasteiger partial charge in [0.1, 0.15) is 0 Å². The van der Waals surface area contributed by atoms with Gasteiger partial charge in [0.25, 0.3) is 0 Å². The number of primary amides is 1. The molecule has 1 unspecified atom stereocenters. The molecule has 0 aliphatic heterocycles. The van der Waals surface area contributed by atoms with Gasteiger partial charge in [-0.15, -0.1) is 0 Å². The van der Waals surface area contributed by atoms with Crippen LogP contribution in [0.25, 0.3) is 0 Å². The van der Waals surface area contributed by atoms with Gasteiger partial charge in [-0.3, -0.25) is 9.78 Å². The Labute approximate surface area is 108 Å². The van der Waals surface area contributed by atoms with Gasteiger partial charge in [0, 0.05) is 12.4 Å². The van der Waals surface area contributed by atoms with Crippen molar-refractivity contribution in [3.05, 3.63) is 53.9 Å². The highest BCUT2D eigenvalue weighted by Gasteiger charge is 2.15. The van der Waals surface area contributed by atoms with Crippen LogP contribution in [-0.2, 0) is 4.79 Å². The Hall–Kier alpha value is -1.90. The number of hydrogen-bond donors (Lipinski definition) is 1. The van der Waals surface area contributed by atoms with E-state index in [2.05, 4.69) is 18.0 Å². The van der Waals surface area contributed by atoms with Crippen molar-refractivity contribution in [3.8, 4) is 0 Å². The summed E-state index contributed by atoms with van der Waals surface area (Å²) in [6.45, 7) is 4.14. The minimum absolute atomic E-state index is 0.302. The lowest BCUT2D eigenvalue weighted by atomic mass is 9.96. The van der Waals surface area contributed by atoms with Gasteiger partial charge < -0.3 is 5.73 Å². The van der Waals surface area contributed by atoms with Crippen LogP contribution >= 0.6 is 0 Å². The Kier molecular flexibility index (Phi) is 5.85. The minimum atomic E-state index is -0.315. The van der Waals surface area contributed by atoms with Crippen molar-refractivity contribution < 1.29 is 4.79 Å². The molecule has 3 nitrogen and oxygen atoms in total. The zero-order chi connectivity index (χ0) is 13.4. The molecule has 1 aromatic rings. The molecule has 2 N–H and O–H groups in total. The summed E-state index contributed by atoms with van der Waals surface area (Å²) in [5, 5.41) is 0. The second kappa shape index (κ2) is 7.43. The molecule has 0 aliphatic rings. The number of rotatable bonds is 6. The normalized spacial score (nSPS) is 13.8. The van der Waals surface area contributed by atoms with Crippen LogP contribution in [0.4, 0.5) is 0 Å². The van der Waals surface area contributed by atoms with Crippen LogP contribution in [0.2, 0.25) is 0 Å².